The minimum Gasteiger partial charge on any atom is -0.491 e. The van der Waals surface area contributed by atoms with Gasteiger partial charge in [-0.2, -0.15) is 18.2 Å². The fourth-order valence-electron chi connectivity index (χ4n) is 3.05. The van der Waals surface area contributed by atoms with E-state index in [9.17, 15) is 18.0 Å². The molecule has 0 radical (unpaired) electrons. The number of carbonyl (C=O) groups is 1. The average Bonchev–Trinajstić information content (AvgIpc) is 3.12. The maximum Gasteiger partial charge on any atom is 0.453 e. The van der Waals surface area contributed by atoms with E-state index in [-0.39, 0.29) is 18.1 Å². The maximum atomic E-state index is 12.9. The van der Waals surface area contributed by atoms with Crippen molar-refractivity contribution in [2.75, 3.05) is 11.9 Å². The van der Waals surface area contributed by atoms with E-state index in [4.69, 9.17) is 4.74 Å². The third-order valence-electron chi connectivity index (χ3n) is 4.53. The summed E-state index contributed by atoms with van der Waals surface area (Å²) < 4.78 is 45.4. The van der Waals surface area contributed by atoms with Gasteiger partial charge in [0.05, 0.1) is 12.3 Å². The lowest BCUT2D eigenvalue weighted by molar-refractivity contribution is -0.144. The summed E-state index contributed by atoms with van der Waals surface area (Å²) in [7, 11) is 0. The molecule has 1 N–H and O–H groups in total. The summed E-state index contributed by atoms with van der Waals surface area (Å²) >= 11 is 0. The van der Waals surface area contributed by atoms with Gasteiger partial charge in [-0.05, 0) is 44.4 Å². The first kappa shape index (κ1) is 21.5. The molecule has 0 aliphatic heterocycles. The highest BCUT2D eigenvalue weighted by atomic mass is 19.4. The van der Waals surface area contributed by atoms with E-state index in [2.05, 4.69) is 20.4 Å². The molecule has 0 spiro atoms. The fraction of sp³-hybridized carbons (Fsp3) is 0.400. The predicted octanol–water partition coefficient (Wildman–Crippen LogP) is 4.12. The number of anilines is 1. The zero-order valence-electron chi connectivity index (χ0n) is 16.9. The fourth-order valence-corrected chi connectivity index (χ4v) is 3.05. The number of fused-ring (bicyclic) bond motifs is 1. The molecule has 0 aliphatic carbocycles. The standard InChI is InChI=1S/C20H22F3N5O2/c1-4-11-30-16-8-6-5-7-15(16)25-17(29)10-9-14-12(2)24-19-26-18(20(21,22)23)27-28(19)13(14)3/h5-8H,4,9-11H2,1-3H3,(H,25,29). The van der Waals surface area contributed by atoms with Crippen molar-refractivity contribution in [2.45, 2.75) is 46.2 Å². The van der Waals surface area contributed by atoms with Crippen LogP contribution in [0.25, 0.3) is 5.78 Å². The van der Waals surface area contributed by atoms with Gasteiger partial charge in [0.2, 0.25) is 5.91 Å². The summed E-state index contributed by atoms with van der Waals surface area (Å²) in [5.74, 6) is -1.01. The van der Waals surface area contributed by atoms with E-state index in [1.807, 2.05) is 13.0 Å². The van der Waals surface area contributed by atoms with Gasteiger partial charge in [-0.15, -0.1) is 5.10 Å². The van der Waals surface area contributed by atoms with Crippen molar-refractivity contribution in [1.82, 2.24) is 19.6 Å². The minimum atomic E-state index is -4.65. The Kier molecular flexibility index (Phi) is 6.23. The Bertz CT molecular complexity index is 1060. The lowest BCUT2D eigenvalue weighted by Crippen LogP contribution is -2.15. The molecule has 3 aromatic rings. The second-order valence-corrected chi connectivity index (χ2v) is 6.80. The molecule has 0 aliphatic rings. The van der Waals surface area contributed by atoms with Gasteiger partial charge < -0.3 is 10.1 Å². The molecular weight excluding hydrogens is 399 g/mol. The lowest BCUT2D eigenvalue weighted by atomic mass is 10.1. The van der Waals surface area contributed by atoms with Crippen LogP contribution in [0.15, 0.2) is 24.3 Å². The first-order valence-electron chi connectivity index (χ1n) is 9.52. The molecule has 2 heterocycles. The van der Waals surface area contributed by atoms with E-state index in [1.54, 1.807) is 32.0 Å². The summed E-state index contributed by atoms with van der Waals surface area (Å²) in [5, 5.41) is 6.34. The number of para-hydroxylation sites is 2. The van der Waals surface area contributed by atoms with Gasteiger partial charge in [-0.3, -0.25) is 4.79 Å². The van der Waals surface area contributed by atoms with E-state index in [1.165, 1.54) is 0 Å². The number of hydrogen-bond donors (Lipinski definition) is 1. The van der Waals surface area contributed by atoms with Gasteiger partial charge in [-0.25, -0.2) is 9.50 Å². The van der Waals surface area contributed by atoms with Crippen LogP contribution in [0.5, 0.6) is 5.75 Å². The van der Waals surface area contributed by atoms with Crippen molar-refractivity contribution < 1.29 is 22.7 Å². The number of amides is 1. The molecule has 10 heteroatoms. The third kappa shape index (κ3) is 4.69. The summed E-state index contributed by atoms with van der Waals surface area (Å²) in [6, 6.07) is 7.15. The highest BCUT2D eigenvalue weighted by molar-refractivity contribution is 5.92. The Morgan fingerprint density at radius 3 is 2.63 bits per heavy atom. The number of aromatic nitrogens is 4. The van der Waals surface area contributed by atoms with E-state index >= 15 is 0 Å². The van der Waals surface area contributed by atoms with Crippen molar-refractivity contribution in [3.05, 3.63) is 47.0 Å². The Hall–Kier alpha value is -3.17. The number of alkyl halides is 3. The monoisotopic (exact) mass is 421 g/mol. The van der Waals surface area contributed by atoms with Gasteiger partial charge in [0, 0.05) is 17.8 Å². The minimum absolute atomic E-state index is 0.118. The number of hydrogen-bond acceptors (Lipinski definition) is 5. The van der Waals surface area contributed by atoms with Crippen LogP contribution < -0.4 is 10.1 Å². The van der Waals surface area contributed by atoms with Crippen molar-refractivity contribution in [3.63, 3.8) is 0 Å². The summed E-state index contributed by atoms with van der Waals surface area (Å²) in [5.41, 5.74) is 2.22. The highest BCUT2D eigenvalue weighted by Gasteiger charge is 2.36. The van der Waals surface area contributed by atoms with Crippen LogP contribution >= 0.6 is 0 Å². The number of nitrogens with one attached hydrogen (secondary N) is 1. The van der Waals surface area contributed by atoms with Crippen LogP contribution in [0.1, 0.15) is 42.5 Å². The normalized spacial score (nSPS) is 11.7. The van der Waals surface area contributed by atoms with Gasteiger partial charge in [0.25, 0.3) is 11.6 Å². The smallest absolute Gasteiger partial charge is 0.453 e. The number of aryl methyl sites for hydroxylation is 2. The number of carbonyl (C=O) groups excluding carboxylic acids is 1. The Balaban J connectivity index is 1.75. The molecule has 0 atom stereocenters. The largest absolute Gasteiger partial charge is 0.491 e. The molecule has 7 nitrogen and oxygen atoms in total. The van der Waals surface area contributed by atoms with Gasteiger partial charge in [0.15, 0.2) is 0 Å². The number of halogens is 3. The molecule has 1 aromatic carbocycles. The number of benzene rings is 1. The summed E-state index contributed by atoms with van der Waals surface area (Å²) in [4.78, 5) is 20.0. The molecule has 2 aromatic heterocycles. The van der Waals surface area contributed by atoms with E-state index < -0.39 is 12.0 Å². The van der Waals surface area contributed by atoms with Crippen LogP contribution in [-0.4, -0.2) is 32.1 Å². The predicted molar refractivity (Wildman–Crippen MR) is 104 cm³/mol. The molecular formula is C20H22F3N5O2. The van der Waals surface area contributed by atoms with Crippen LogP contribution in [0.4, 0.5) is 18.9 Å². The first-order chi connectivity index (χ1) is 14.2. The van der Waals surface area contributed by atoms with Crippen molar-refractivity contribution in [2.24, 2.45) is 0 Å². The third-order valence-corrected chi connectivity index (χ3v) is 4.53. The van der Waals surface area contributed by atoms with Gasteiger partial charge >= 0.3 is 6.18 Å². The van der Waals surface area contributed by atoms with Crippen LogP contribution in [0.3, 0.4) is 0 Å². The Morgan fingerprint density at radius 1 is 1.20 bits per heavy atom. The highest BCUT2D eigenvalue weighted by Crippen LogP contribution is 2.27. The summed E-state index contributed by atoms with van der Waals surface area (Å²) in [6.45, 7) is 5.84. The first-order valence-corrected chi connectivity index (χ1v) is 9.52. The average molecular weight is 421 g/mol. The van der Waals surface area contributed by atoms with Crippen molar-refractivity contribution >= 4 is 17.4 Å². The van der Waals surface area contributed by atoms with Gasteiger partial charge in [0.1, 0.15) is 5.75 Å². The summed E-state index contributed by atoms with van der Waals surface area (Å²) in [6.07, 6.45) is -3.39. The number of ether oxygens (including phenoxy) is 1. The van der Waals surface area contributed by atoms with Crippen molar-refractivity contribution in [1.29, 1.82) is 0 Å². The quantitative estimate of drug-likeness (QED) is 0.621. The number of rotatable bonds is 7. The maximum absolute atomic E-state index is 12.9. The van der Waals surface area contributed by atoms with E-state index in [0.29, 0.717) is 41.4 Å². The zero-order valence-corrected chi connectivity index (χ0v) is 16.9. The SMILES string of the molecule is CCCOc1ccccc1NC(=O)CCc1c(C)nc2nc(C(F)(F)F)nn2c1C. The van der Waals surface area contributed by atoms with Crippen LogP contribution in [-0.2, 0) is 17.4 Å². The van der Waals surface area contributed by atoms with E-state index in [0.717, 1.165) is 10.9 Å². The molecule has 0 saturated heterocycles. The zero-order chi connectivity index (χ0) is 21.9. The van der Waals surface area contributed by atoms with Crippen LogP contribution in [0.2, 0.25) is 0 Å². The second kappa shape index (κ2) is 8.68. The molecule has 0 unspecified atom stereocenters. The number of nitrogens with zero attached hydrogens (tertiary/aromatic N) is 4. The second-order valence-electron chi connectivity index (χ2n) is 6.80. The molecule has 0 bridgehead atoms. The molecule has 160 valence electrons. The molecule has 0 saturated carbocycles. The molecule has 0 fully saturated rings. The topological polar surface area (TPSA) is 81.4 Å². The molecule has 1 amide bonds. The molecule has 3 rings (SSSR count). The Labute approximate surface area is 171 Å². The van der Waals surface area contributed by atoms with Crippen LogP contribution in [0, 0.1) is 13.8 Å². The molecule has 30 heavy (non-hydrogen) atoms. The Morgan fingerprint density at radius 2 is 1.93 bits per heavy atom. The van der Waals surface area contributed by atoms with Crippen molar-refractivity contribution in [3.8, 4) is 5.75 Å². The lowest BCUT2D eigenvalue weighted by Gasteiger charge is -2.13. The van der Waals surface area contributed by atoms with Gasteiger partial charge in [-0.1, -0.05) is 19.1 Å².